The molecule has 2 aromatic rings. The summed E-state index contributed by atoms with van der Waals surface area (Å²) in [4.78, 5) is 22.1. The summed E-state index contributed by atoms with van der Waals surface area (Å²) in [7, 11) is 1.27. The number of ether oxygens (including phenoxy) is 1. The van der Waals surface area contributed by atoms with Gasteiger partial charge >= 0.3 is 5.97 Å². The van der Waals surface area contributed by atoms with Crippen LogP contribution < -0.4 is 0 Å². The van der Waals surface area contributed by atoms with E-state index in [1.54, 1.807) is 18.2 Å². The van der Waals surface area contributed by atoms with Gasteiger partial charge in [0.2, 0.25) is 0 Å². The molecule has 0 aromatic heterocycles. The summed E-state index contributed by atoms with van der Waals surface area (Å²) in [5, 5.41) is 12.0. The fraction of sp³-hybridized carbons (Fsp3) is 0.211. The number of nitrogens with zero attached hydrogens (tertiary/aromatic N) is 1. The van der Waals surface area contributed by atoms with E-state index in [0.29, 0.717) is 22.6 Å². The molecule has 2 aromatic carbocycles. The van der Waals surface area contributed by atoms with E-state index in [1.165, 1.54) is 25.3 Å². The molecule has 25 heavy (non-hydrogen) atoms. The molecule has 6 heteroatoms. The maximum absolute atomic E-state index is 11.4. The Bertz CT molecular complexity index is 817. The molecule has 5 nitrogen and oxygen atoms in total. The van der Waals surface area contributed by atoms with Crippen LogP contribution in [-0.4, -0.2) is 18.0 Å². The molecule has 0 radical (unpaired) electrons. The quantitative estimate of drug-likeness (QED) is 0.322. The van der Waals surface area contributed by atoms with E-state index < -0.39 is 10.9 Å². The summed E-state index contributed by atoms with van der Waals surface area (Å²) < 4.78 is 4.51. The third kappa shape index (κ3) is 5.16. The number of carbonyl (C=O) groups is 1. The summed E-state index contributed by atoms with van der Waals surface area (Å²) in [6.07, 6.45) is 3.23. The first kappa shape index (κ1) is 18.7. The third-order valence-electron chi connectivity index (χ3n) is 3.86. The van der Waals surface area contributed by atoms with Crippen LogP contribution in [0.2, 0.25) is 5.02 Å². The number of esters is 1. The van der Waals surface area contributed by atoms with Crippen LogP contribution in [0, 0.1) is 10.1 Å². The van der Waals surface area contributed by atoms with E-state index in [-0.39, 0.29) is 11.6 Å². The van der Waals surface area contributed by atoms with Gasteiger partial charge in [0, 0.05) is 22.7 Å². The lowest BCUT2D eigenvalue weighted by molar-refractivity contribution is -0.385. The number of hydrogen-bond donors (Lipinski definition) is 0. The van der Waals surface area contributed by atoms with Crippen molar-refractivity contribution in [3.63, 3.8) is 0 Å². The predicted octanol–water partition coefficient (Wildman–Crippen LogP) is 4.78. The maximum Gasteiger partial charge on any atom is 0.330 e. The van der Waals surface area contributed by atoms with Crippen molar-refractivity contribution in [3.8, 4) is 0 Å². The van der Waals surface area contributed by atoms with Crippen molar-refractivity contribution in [2.24, 2.45) is 0 Å². The summed E-state index contributed by atoms with van der Waals surface area (Å²) >= 11 is 6.01. The fourth-order valence-corrected chi connectivity index (χ4v) is 2.72. The predicted molar refractivity (Wildman–Crippen MR) is 97.7 cm³/mol. The molecule has 0 spiro atoms. The number of benzene rings is 2. The van der Waals surface area contributed by atoms with Gasteiger partial charge in [-0.05, 0) is 41.7 Å². The number of rotatable bonds is 6. The highest BCUT2D eigenvalue weighted by Gasteiger charge is 2.17. The van der Waals surface area contributed by atoms with E-state index in [4.69, 9.17) is 11.6 Å². The molecule has 0 bridgehead atoms. The Morgan fingerprint density at radius 3 is 2.72 bits per heavy atom. The lowest BCUT2D eigenvalue weighted by Gasteiger charge is -2.13. The number of hydrogen-bond acceptors (Lipinski definition) is 4. The van der Waals surface area contributed by atoms with Gasteiger partial charge < -0.3 is 4.74 Å². The van der Waals surface area contributed by atoms with Gasteiger partial charge in [0.15, 0.2) is 0 Å². The van der Waals surface area contributed by atoms with Gasteiger partial charge in [-0.1, -0.05) is 42.8 Å². The van der Waals surface area contributed by atoms with Crippen LogP contribution in [0.5, 0.6) is 0 Å². The molecule has 0 aliphatic rings. The van der Waals surface area contributed by atoms with Crippen LogP contribution in [-0.2, 0) is 16.0 Å². The maximum atomic E-state index is 11.4. The molecule has 0 amide bonds. The second-order valence-corrected chi connectivity index (χ2v) is 6.10. The van der Waals surface area contributed by atoms with E-state index in [1.807, 2.05) is 25.1 Å². The normalized spacial score (nSPS) is 12.1. The van der Waals surface area contributed by atoms with Crippen molar-refractivity contribution < 1.29 is 14.5 Å². The summed E-state index contributed by atoms with van der Waals surface area (Å²) in [5.41, 5.74) is 2.25. The number of halogens is 1. The highest BCUT2D eigenvalue weighted by Crippen LogP contribution is 2.28. The first-order chi connectivity index (χ1) is 11.9. The minimum absolute atomic E-state index is 0.0286. The van der Waals surface area contributed by atoms with Crippen molar-refractivity contribution >= 4 is 29.3 Å². The third-order valence-corrected chi connectivity index (χ3v) is 4.10. The molecule has 0 heterocycles. The fourth-order valence-electron chi connectivity index (χ4n) is 2.52. The van der Waals surface area contributed by atoms with Gasteiger partial charge in [0.05, 0.1) is 12.0 Å². The monoisotopic (exact) mass is 359 g/mol. The van der Waals surface area contributed by atoms with Gasteiger partial charge in [-0.25, -0.2) is 4.79 Å². The summed E-state index contributed by atoms with van der Waals surface area (Å²) in [6, 6.07) is 12.4. The summed E-state index contributed by atoms with van der Waals surface area (Å²) in [6.45, 7) is 2.00. The molecule has 0 N–H and O–H groups in total. The molecule has 2 rings (SSSR count). The molecule has 0 unspecified atom stereocenters. The van der Waals surface area contributed by atoms with Crippen molar-refractivity contribution in [2.75, 3.05) is 7.11 Å². The zero-order valence-corrected chi connectivity index (χ0v) is 14.7. The van der Waals surface area contributed by atoms with Crippen LogP contribution in [0.1, 0.15) is 29.5 Å². The Hall–Kier alpha value is -2.66. The molecular weight excluding hydrogens is 342 g/mol. The van der Waals surface area contributed by atoms with Gasteiger partial charge in [0.25, 0.3) is 5.69 Å². The first-order valence-electron chi connectivity index (χ1n) is 7.69. The molecule has 0 fully saturated rings. The average Bonchev–Trinajstić information content (AvgIpc) is 2.60. The number of carbonyl (C=O) groups excluding carboxylic acids is 1. The Balaban J connectivity index is 2.27. The second-order valence-electron chi connectivity index (χ2n) is 5.66. The van der Waals surface area contributed by atoms with Gasteiger partial charge in [-0.2, -0.15) is 0 Å². The van der Waals surface area contributed by atoms with E-state index in [0.717, 1.165) is 5.56 Å². The molecule has 0 saturated carbocycles. The molecule has 130 valence electrons. The van der Waals surface area contributed by atoms with Crippen molar-refractivity contribution in [3.05, 3.63) is 80.4 Å². The SMILES string of the molecule is COC(=O)/C=C/c1ccc(C[C@H](C)c2cccc(Cl)c2)c([N+](=O)[O-])c1. The van der Waals surface area contributed by atoms with Crippen LogP contribution >= 0.6 is 11.6 Å². The van der Waals surface area contributed by atoms with Gasteiger partial charge in [0.1, 0.15) is 0 Å². The highest BCUT2D eigenvalue weighted by atomic mass is 35.5. The standard InChI is InChI=1S/C19H18ClNO4/c1-13(15-4-3-5-17(20)12-15)10-16-8-6-14(7-9-19(22)25-2)11-18(16)21(23)24/h3-9,11-13H,10H2,1-2H3/b9-7+/t13-/m0/s1. The van der Waals surface area contributed by atoms with Gasteiger partial charge in [-0.3, -0.25) is 10.1 Å². The second kappa shape index (κ2) is 8.44. The number of nitro benzene ring substituents is 1. The topological polar surface area (TPSA) is 69.4 Å². The van der Waals surface area contributed by atoms with Crippen molar-refractivity contribution in [1.82, 2.24) is 0 Å². The van der Waals surface area contributed by atoms with E-state index in [2.05, 4.69) is 4.74 Å². The molecule has 0 aliphatic carbocycles. The lowest BCUT2D eigenvalue weighted by Crippen LogP contribution is -2.02. The molecule has 0 aliphatic heterocycles. The molecule has 1 atom stereocenters. The van der Waals surface area contributed by atoms with Gasteiger partial charge in [-0.15, -0.1) is 0 Å². The Morgan fingerprint density at radius 1 is 1.32 bits per heavy atom. The number of methoxy groups -OCH3 is 1. The zero-order chi connectivity index (χ0) is 18.4. The highest BCUT2D eigenvalue weighted by molar-refractivity contribution is 6.30. The Morgan fingerprint density at radius 2 is 2.08 bits per heavy atom. The van der Waals surface area contributed by atoms with Crippen LogP contribution in [0.25, 0.3) is 6.08 Å². The molecule has 0 saturated heterocycles. The van der Waals surface area contributed by atoms with Crippen molar-refractivity contribution in [2.45, 2.75) is 19.3 Å². The first-order valence-corrected chi connectivity index (χ1v) is 8.07. The van der Waals surface area contributed by atoms with Crippen molar-refractivity contribution in [1.29, 1.82) is 0 Å². The zero-order valence-electron chi connectivity index (χ0n) is 13.9. The minimum Gasteiger partial charge on any atom is -0.466 e. The van der Waals surface area contributed by atoms with E-state index >= 15 is 0 Å². The molecular formula is C19H18ClNO4. The van der Waals surface area contributed by atoms with Crippen LogP contribution in [0.15, 0.2) is 48.5 Å². The van der Waals surface area contributed by atoms with E-state index in [9.17, 15) is 14.9 Å². The average molecular weight is 360 g/mol. The largest absolute Gasteiger partial charge is 0.466 e. The smallest absolute Gasteiger partial charge is 0.330 e. The Kier molecular flexibility index (Phi) is 6.31. The minimum atomic E-state index is -0.513. The summed E-state index contributed by atoms with van der Waals surface area (Å²) in [5.74, 6) is -0.435. The van der Waals surface area contributed by atoms with Crippen LogP contribution in [0.3, 0.4) is 0 Å². The van der Waals surface area contributed by atoms with Crippen LogP contribution in [0.4, 0.5) is 5.69 Å². The lowest BCUT2D eigenvalue weighted by atomic mass is 9.92. The number of nitro groups is 1. The Labute approximate surface area is 151 Å².